The molecular weight excluding hydrogens is 626 g/mol. The Morgan fingerprint density at radius 3 is 1.80 bits per heavy atom. The van der Waals surface area contributed by atoms with E-state index < -0.39 is 40.7 Å². The summed E-state index contributed by atoms with van der Waals surface area (Å²) >= 11 is 6.04. The molecule has 1 N–H and O–H groups in total. The van der Waals surface area contributed by atoms with Crippen LogP contribution in [0, 0.1) is 20.8 Å². The molecule has 260 valence electrons. The van der Waals surface area contributed by atoms with Crippen LogP contribution < -0.4 is 5.32 Å². The molecule has 0 spiro atoms. The lowest BCUT2D eigenvalue weighted by atomic mass is 9.93. The first kappa shape index (κ1) is 47.1. The maximum atomic E-state index is 15.1. The molecule has 0 saturated carbocycles. The number of hydrogen-bond acceptors (Lipinski definition) is 3. The molecule has 0 fully saturated rings. The zero-order valence-corrected chi connectivity index (χ0v) is 30.1. The molecule has 1 atom stereocenters. The van der Waals surface area contributed by atoms with Crippen molar-refractivity contribution in [3.05, 3.63) is 98.7 Å². The number of pyridine rings is 1. The molecule has 0 amide bonds. The predicted octanol–water partition coefficient (Wildman–Crippen LogP) is 13.4. The number of nitrogens with zero attached hydrogens (tertiary/aromatic N) is 1. The van der Waals surface area contributed by atoms with Gasteiger partial charge < -0.3 is 5.32 Å². The molecule has 0 aliphatic heterocycles. The number of carbonyl (C=O) groups excluding carboxylic acids is 1. The van der Waals surface area contributed by atoms with Gasteiger partial charge in [0.1, 0.15) is 17.6 Å². The first-order valence-electron chi connectivity index (χ1n) is 15.6. The van der Waals surface area contributed by atoms with Gasteiger partial charge >= 0.3 is 12.2 Å². The molecule has 3 aromatic rings. The second-order valence-corrected chi connectivity index (χ2v) is 8.73. The van der Waals surface area contributed by atoms with Crippen molar-refractivity contribution in [3.63, 3.8) is 0 Å². The van der Waals surface area contributed by atoms with Crippen LogP contribution in [0.25, 0.3) is 5.83 Å². The lowest BCUT2D eigenvalue weighted by Gasteiger charge is -2.22. The van der Waals surface area contributed by atoms with Gasteiger partial charge in [0.15, 0.2) is 6.29 Å². The topological polar surface area (TPSA) is 42.0 Å². The zero-order valence-electron chi connectivity index (χ0n) is 29.4. The zero-order chi connectivity index (χ0) is 36.8. The number of allylic oxidation sites excluding steroid dienone is 1. The van der Waals surface area contributed by atoms with Crippen LogP contribution in [0.1, 0.15) is 119 Å². The van der Waals surface area contributed by atoms with Gasteiger partial charge in [-0.25, -0.2) is 9.37 Å². The smallest absolute Gasteiger partial charge is 0.308 e. The molecular formula is C36H51ClF6N2O. The molecule has 3 nitrogen and oxygen atoms in total. The molecule has 0 radical (unpaired) electrons. The van der Waals surface area contributed by atoms with Gasteiger partial charge in [0, 0.05) is 22.3 Å². The lowest BCUT2D eigenvalue weighted by molar-refractivity contribution is -0.139. The van der Waals surface area contributed by atoms with Crippen molar-refractivity contribution < 1.29 is 31.1 Å². The molecule has 0 saturated heterocycles. The molecule has 1 unspecified atom stereocenters. The number of carbonyl (C=O) groups is 1. The van der Waals surface area contributed by atoms with Gasteiger partial charge in [0.2, 0.25) is 0 Å². The van der Waals surface area contributed by atoms with Gasteiger partial charge in [-0.15, -0.1) is 0 Å². The number of nitrogens with one attached hydrogen (secondary N) is 1. The minimum absolute atomic E-state index is 0.0844. The van der Waals surface area contributed by atoms with Crippen molar-refractivity contribution in [2.24, 2.45) is 0 Å². The monoisotopic (exact) mass is 676 g/mol. The van der Waals surface area contributed by atoms with Crippen LogP contribution >= 0.6 is 11.6 Å². The fourth-order valence-electron chi connectivity index (χ4n) is 3.49. The maximum Gasteiger partial charge on any atom is 0.399 e. The summed E-state index contributed by atoms with van der Waals surface area (Å²) in [5.41, 5.74) is -0.462. The predicted molar refractivity (Wildman–Crippen MR) is 184 cm³/mol. The number of aryl methyl sites for hydroxylation is 2. The average molecular weight is 677 g/mol. The Kier molecular flexibility index (Phi) is 24.5. The van der Waals surface area contributed by atoms with Crippen molar-refractivity contribution >= 4 is 29.5 Å². The van der Waals surface area contributed by atoms with Crippen molar-refractivity contribution in [3.8, 4) is 0 Å². The molecule has 46 heavy (non-hydrogen) atoms. The fraction of sp³-hybridized carbons (Fsp3) is 0.444. The Bertz CT molecular complexity index is 1280. The van der Waals surface area contributed by atoms with Crippen LogP contribution in [0.2, 0.25) is 5.02 Å². The number of aromatic nitrogens is 1. The Morgan fingerprint density at radius 2 is 1.37 bits per heavy atom. The highest BCUT2D eigenvalue weighted by atomic mass is 35.5. The number of rotatable bonds is 7. The number of alkyl halides is 5. The van der Waals surface area contributed by atoms with Crippen LogP contribution in [-0.4, -0.2) is 17.4 Å². The molecule has 2 aromatic carbocycles. The first-order chi connectivity index (χ1) is 21.7. The molecule has 10 heteroatoms. The van der Waals surface area contributed by atoms with E-state index in [9.17, 15) is 18.0 Å². The van der Waals surface area contributed by atoms with Gasteiger partial charge in [-0.3, -0.25) is 4.79 Å². The van der Waals surface area contributed by atoms with E-state index in [0.717, 1.165) is 23.8 Å². The van der Waals surface area contributed by atoms with Gasteiger partial charge in [-0.05, 0) is 67.3 Å². The highest BCUT2D eigenvalue weighted by molar-refractivity contribution is 6.31. The van der Waals surface area contributed by atoms with Crippen LogP contribution in [-0.2, 0) is 6.05 Å². The lowest BCUT2D eigenvalue weighted by Crippen LogP contribution is -2.27. The molecule has 0 bridgehead atoms. The highest BCUT2D eigenvalue weighted by Gasteiger charge is 2.40. The Labute approximate surface area is 277 Å². The van der Waals surface area contributed by atoms with Crippen LogP contribution in [0.5, 0.6) is 0 Å². The summed E-state index contributed by atoms with van der Waals surface area (Å²) < 4.78 is 86.8. The second kappa shape index (κ2) is 23.9. The van der Waals surface area contributed by atoms with Gasteiger partial charge in [0.25, 0.3) is 0 Å². The summed E-state index contributed by atoms with van der Waals surface area (Å²) in [4.78, 5) is 15.2. The van der Waals surface area contributed by atoms with Crippen LogP contribution in [0.4, 0.5) is 32.2 Å². The maximum absolute atomic E-state index is 15.1. The van der Waals surface area contributed by atoms with E-state index in [1.165, 1.54) is 24.4 Å². The number of benzene rings is 2. The molecule has 3 rings (SSSR count). The average Bonchev–Trinajstić information content (AvgIpc) is 3.07. The van der Waals surface area contributed by atoms with E-state index in [4.69, 9.17) is 11.6 Å². The number of aldehydes is 1. The SMILES string of the molecule is CC.CC.CC.CC.CC.Cc1ccc(NC(F)(F)c2cc(/C(F)=C/C(c3cc(C)c(C)c(Cl)c3)C(F)(F)F)ccc2C=O)nc1. The van der Waals surface area contributed by atoms with E-state index in [-0.39, 0.29) is 22.7 Å². The minimum atomic E-state index is -4.89. The summed E-state index contributed by atoms with van der Waals surface area (Å²) in [5, 5.41) is 1.96. The Hall–Kier alpha value is -3.33. The number of hydrogen-bond donors (Lipinski definition) is 1. The van der Waals surface area contributed by atoms with Gasteiger partial charge in [-0.2, -0.15) is 22.0 Å². The summed E-state index contributed by atoms with van der Waals surface area (Å²) in [6.07, 6.45) is -3.10. The van der Waals surface area contributed by atoms with E-state index in [2.05, 4.69) is 4.98 Å². The highest BCUT2D eigenvalue weighted by Crippen LogP contribution is 2.41. The summed E-state index contributed by atoms with van der Waals surface area (Å²) in [6, 6.07) is 3.78. The third-order valence-electron chi connectivity index (χ3n) is 5.64. The summed E-state index contributed by atoms with van der Waals surface area (Å²) in [6.45, 7) is 24.9. The Balaban J connectivity index is -0.00000168. The van der Waals surface area contributed by atoms with Crippen molar-refractivity contribution in [1.82, 2.24) is 4.98 Å². The van der Waals surface area contributed by atoms with E-state index in [1.807, 2.05) is 74.6 Å². The summed E-state index contributed by atoms with van der Waals surface area (Å²) in [7, 11) is 0. The van der Waals surface area contributed by atoms with Gasteiger partial charge in [-0.1, -0.05) is 105 Å². The molecule has 1 heterocycles. The Morgan fingerprint density at radius 1 is 0.826 bits per heavy atom. The third kappa shape index (κ3) is 14.4. The van der Waals surface area contributed by atoms with E-state index in [0.29, 0.717) is 23.3 Å². The van der Waals surface area contributed by atoms with Gasteiger partial charge in [0.05, 0.1) is 5.56 Å². The molecule has 1 aromatic heterocycles. The largest absolute Gasteiger partial charge is 0.399 e. The fourth-order valence-corrected chi connectivity index (χ4v) is 3.77. The second-order valence-electron chi connectivity index (χ2n) is 8.32. The normalized spacial score (nSPS) is 11.2. The first-order valence-corrected chi connectivity index (χ1v) is 16.0. The number of halogens is 7. The quantitative estimate of drug-likeness (QED) is 0.154. The molecule has 0 aliphatic rings. The van der Waals surface area contributed by atoms with Crippen LogP contribution in [0.15, 0.2) is 54.7 Å². The van der Waals surface area contributed by atoms with E-state index >= 15 is 13.2 Å². The van der Waals surface area contributed by atoms with Crippen LogP contribution in [0.3, 0.4) is 0 Å². The van der Waals surface area contributed by atoms with Crippen molar-refractivity contribution in [2.75, 3.05) is 5.32 Å². The van der Waals surface area contributed by atoms with Crippen molar-refractivity contribution in [1.29, 1.82) is 0 Å². The standard InChI is InChI=1S/C26H21ClF6N2O.5C2H6/c1-14-4-7-24(34-12-14)35-26(32,33)21-9-17(5-6-18(21)13-36)23(28)11-20(25(29,30)31)19-8-15(2)16(3)22(27)10-19;5*1-2/h4-13,20H,1-3H3,(H,34,35);5*1-2H3/b23-11-;;;;;. The minimum Gasteiger partial charge on any atom is -0.308 e. The van der Waals surface area contributed by atoms with Crippen molar-refractivity contribution in [2.45, 2.75) is 108 Å². The summed E-state index contributed by atoms with van der Waals surface area (Å²) in [5.74, 6) is -4.00. The van der Waals surface area contributed by atoms with E-state index in [1.54, 1.807) is 20.8 Å². The third-order valence-corrected chi connectivity index (χ3v) is 6.03. The molecule has 0 aliphatic carbocycles. The number of anilines is 1.